The second-order valence-corrected chi connectivity index (χ2v) is 9.07. The summed E-state index contributed by atoms with van der Waals surface area (Å²) in [7, 11) is 0. The molecule has 9 heteroatoms. The number of hydrogen-bond acceptors (Lipinski definition) is 7. The van der Waals surface area contributed by atoms with Crippen LogP contribution in [0.25, 0.3) is 16.5 Å². The maximum Gasteiger partial charge on any atom is 0.269 e. The zero-order valence-electron chi connectivity index (χ0n) is 21.4. The number of Topliss-reactive ketones (excluding diaryl/α,β-unsaturated/α-hetero) is 1. The van der Waals surface area contributed by atoms with Crippen LogP contribution in [-0.4, -0.2) is 53.8 Å². The Hall–Kier alpha value is -4.84. The van der Waals surface area contributed by atoms with Gasteiger partial charge in [0.1, 0.15) is 17.4 Å². The Morgan fingerprint density at radius 1 is 1.03 bits per heavy atom. The largest absolute Gasteiger partial charge is 0.511 e. The first-order valence-corrected chi connectivity index (χ1v) is 12.2. The summed E-state index contributed by atoms with van der Waals surface area (Å²) in [6, 6.07) is 16.9. The third-order valence-electron chi connectivity index (χ3n) is 6.45. The number of furan rings is 1. The Morgan fingerprint density at radius 3 is 2.32 bits per heavy atom. The molecule has 0 radical (unpaired) electrons. The lowest BCUT2D eigenvalue weighted by atomic mass is 10.0. The van der Waals surface area contributed by atoms with Crippen molar-refractivity contribution in [2.24, 2.45) is 0 Å². The fraction of sp³-hybridized carbons (Fsp3) is 0.241. The van der Waals surface area contributed by atoms with Crippen molar-refractivity contribution in [2.45, 2.75) is 20.8 Å². The molecule has 0 saturated carbocycles. The maximum absolute atomic E-state index is 13.0. The number of nitrogens with zero attached hydrogens (tertiary/aromatic N) is 3. The first-order chi connectivity index (χ1) is 18.2. The molecular formula is C29H28N4O5. The van der Waals surface area contributed by atoms with Crippen LogP contribution in [0, 0.1) is 11.3 Å². The van der Waals surface area contributed by atoms with Gasteiger partial charge >= 0.3 is 0 Å². The summed E-state index contributed by atoms with van der Waals surface area (Å²) in [4.78, 5) is 41.9. The van der Waals surface area contributed by atoms with Crippen LogP contribution < -0.4 is 10.2 Å². The smallest absolute Gasteiger partial charge is 0.269 e. The fourth-order valence-electron chi connectivity index (χ4n) is 4.37. The Balaban J connectivity index is 1.57. The average molecular weight is 513 g/mol. The number of allylic oxidation sites excluding steroid dienone is 2. The number of amides is 2. The van der Waals surface area contributed by atoms with Crippen molar-refractivity contribution in [3.05, 3.63) is 77.3 Å². The van der Waals surface area contributed by atoms with Crippen molar-refractivity contribution in [2.75, 3.05) is 36.4 Å². The Labute approximate surface area is 220 Å². The van der Waals surface area contributed by atoms with Gasteiger partial charge in [-0.2, -0.15) is 5.26 Å². The molecule has 0 spiro atoms. The number of benzene rings is 2. The molecule has 38 heavy (non-hydrogen) atoms. The molecule has 2 aromatic carbocycles. The molecule has 1 aliphatic heterocycles. The second kappa shape index (κ2) is 11.0. The minimum Gasteiger partial charge on any atom is -0.511 e. The van der Waals surface area contributed by atoms with Gasteiger partial charge in [0.2, 0.25) is 5.91 Å². The van der Waals surface area contributed by atoms with E-state index in [1.54, 1.807) is 30.3 Å². The van der Waals surface area contributed by atoms with Crippen LogP contribution >= 0.6 is 0 Å². The van der Waals surface area contributed by atoms with Gasteiger partial charge in [-0.15, -0.1) is 0 Å². The lowest BCUT2D eigenvalue weighted by molar-refractivity contribution is -0.126. The van der Waals surface area contributed by atoms with Gasteiger partial charge in [0.25, 0.3) is 5.91 Å². The van der Waals surface area contributed by atoms with E-state index in [-0.39, 0.29) is 17.4 Å². The molecule has 3 aromatic rings. The summed E-state index contributed by atoms with van der Waals surface area (Å²) in [5, 5.41) is 21.8. The molecule has 2 heterocycles. The van der Waals surface area contributed by atoms with Gasteiger partial charge in [-0.25, -0.2) is 0 Å². The van der Waals surface area contributed by atoms with E-state index in [0.29, 0.717) is 35.2 Å². The van der Waals surface area contributed by atoms with Crippen molar-refractivity contribution >= 4 is 45.5 Å². The summed E-state index contributed by atoms with van der Waals surface area (Å²) in [6.07, 6.45) is 1.58. The average Bonchev–Trinajstić information content (AvgIpc) is 3.27. The fourth-order valence-corrected chi connectivity index (χ4v) is 4.37. The highest BCUT2D eigenvalue weighted by Gasteiger charge is 2.24. The van der Waals surface area contributed by atoms with Crippen LogP contribution in [0.2, 0.25) is 0 Å². The third kappa shape index (κ3) is 5.44. The van der Waals surface area contributed by atoms with Crippen LogP contribution in [0.3, 0.4) is 0 Å². The van der Waals surface area contributed by atoms with Crippen LogP contribution in [0.1, 0.15) is 36.9 Å². The van der Waals surface area contributed by atoms with E-state index in [9.17, 15) is 24.8 Å². The maximum atomic E-state index is 13.0. The number of piperazine rings is 1. The molecule has 0 atom stereocenters. The molecule has 2 amide bonds. The number of anilines is 2. The van der Waals surface area contributed by atoms with Crippen molar-refractivity contribution in [3.8, 4) is 6.07 Å². The van der Waals surface area contributed by atoms with E-state index in [1.807, 2.05) is 30.0 Å². The van der Waals surface area contributed by atoms with Gasteiger partial charge in [0, 0.05) is 50.3 Å². The molecule has 1 aromatic heterocycles. The highest BCUT2D eigenvalue weighted by molar-refractivity contribution is 6.15. The van der Waals surface area contributed by atoms with Crippen molar-refractivity contribution in [1.82, 2.24) is 4.90 Å². The minimum absolute atomic E-state index is 0.0765. The van der Waals surface area contributed by atoms with Gasteiger partial charge in [-0.1, -0.05) is 24.3 Å². The van der Waals surface area contributed by atoms with Gasteiger partial charge in [0.05, 0.1) is 5.69 Å². The number of aliphatic hydroxyl groups excluding tert-OH is 1. The zero-order chi connectivity index (χ0) is 27.4. The number of carbonyl (C=O) groups is 3. The Bertz CT molecular complexity index is 1500. The number of carbonyl (C=O) groups excluding carboxylic acids is 3. The van der Waals surface area contributed by atoms with Crippen LogP contribution in [0.15, 0.2) is 70.4 Å². The number of para-hydroxylation sites is 1. The van der Waals surface area contributed by atoms with E-state index < -0.39 is 23.0 Å². The van der Waals surface area contributed by atoms with E-state index >= 15 is 0 Å². The SMILES string of the molecule is CC(=O)c1oc2ccc(/C(C)=C/C(=O)N3CCN(c4ccccc4)CC3)cc2c1NC(=O)/C(C#N)=C(\C)O. The van der Waals surface area contributed by atoms with E-state index in [2.05, 4.69) is 22.3 Å². The molecule has 0 unspecified atom stereocenters. The van der Waals surface area contributed by atoms with Crippen LogP contribution in [0.4, 0.5) is 11.4 Å². The molecule has 0 aliphatic carbocycles. The van der Waals surface area contributed by atoms with Crippen LogP contribution in [0.5, 0.6) is 0 Å². The molecule has 9 nitrogen and oxygen atoms in total. The van der Waals surface area contributed by atoms with E-state index in [1.165, 1.54) is 13.8 Å². The number of rotatable bonds is 6. The van der Waals surface area contributed by atoms with Crippen molar-refractivity contribution < 1.29 is 23.9 Å². The highest BCUT2D eigenvalue weighted by Crippen LogP contribution is 2.34. The Kier molecular flexibility index (Phi) is 7.63. The second-order valence-electron chi connectivity index (χ2n) is 9.07. The highest BCUT2D eigenvalue weighted by atomic mass is 16.3. The Morgan fingerprint density at radius 2 is 1.71 bits per heavy atom. The lowest BCUT2D eigenvalue weighted by Crippen LogP contribution is -2.48. The first kappa shape index (κ1) is 26.2. The number of aliphatic hydroxyl groups is 1. The van der Waals surface area contributed by atoms with Gasteiger partial charge in [0.15, 0.2) is 17.1 Å². The topological polar surface area (TPSA) is 127 Å². The number of nitrogens with one attached hydrogen (secondary N) is 1. The molecule has 1 saturated heterocycles. The predicted octanol–water partition coefficient (Wildman–Crippen LogP) is 4.68. The molecule has 1 aliphatic rings. The van der Waals surface area contributed by atoms with E-state index in [4.69, 9.17) is 4.42 Å². The molecular weight excluding hydrogens is 484 g/mol. The number of hydrogen-bond donors (Lipinski definition) is 2. The summed E-state index contributed by atoms with van der Waals surface area (Å²) in [6.45, 7) is 7.04. The minimum atomic E-state index is -0.861. The quantitative estimate of drug-likeness (QED) is 0.212. The van der Waals surface area contributed by atoms with Gasteiger partial charge in [-0.3, -0.25) is 14.4 Å². The van der Waals surface area contributed by atoms with E-state index in [0.717, 1.165) is 18.8 Å². The van der Waals surface area contributed by atoms with Crippen molar-refractivity contribution in [3.63, 3.8) is 0 Å². The summed E-state index contributed by atoms with van der Waals surface area (Å²) < 4.78 is 5.67. The van der Waals surface area contributed by atoms with Crippen LogP contribution in [-0.2, 0) is 9.59 Å². The number of ketones is 1. The zero-order valence-corrected chi connectivity index (χ0v) is 21.4. The molecule has 4 rings (SSSR count). The molecule has 0 bridgehead atoms. The van der Waals surface area contributed by atoms with Gasteiger partial charge < -0.3 is 24.6 Å². The summed E-state index contributed by atoms with van der Waals surface area (Å²) in [5.41, 5.74) is 2.53. The first-order valence-electron chi connectivity index (χ1n) is 12.2. The standard InChI is InChI=1S/C29H28N4O5/c1-18(15-26(36)33-13-11-32(12-14-33)22-7-5-4-6-8-22)21-9-10-25-23(16-21)27(28(38-25)20(3)35)31-29(37)24(17-30)19(2)34/h4-10,15-16,34H,11-14H2,1-3H3,(H,31,37)/b18-15+,24-19+. The monoisotopic (exact) mass is 512 g/mol. The lowest BCUT2D eigenvalue weighted by Gasteiger charge is -2.35. The normalized spacial score (nSPS) is 14.6. The molecule has 194 valence electrons. The van der Waals surface area contributed by atoms with Crippen molar-refractivity contribution in [1.29, 1.82) is 5.26 Å². The van der Waals surface area contributed by atoms with Gasteiger partial charge in [-0.05, 0) is 49.2 Å². The number of nitriles is 1. The molecule has 1 fully saturated rings. The molecule has 2 N–H and O–H groups in total. The predicted molar refractivity (Wildman–Crippen MR) is 145 cm³/mol. The third-order valence-corrected chi connectivity index (χ3v) is 6.45. The summed E-state index contributed by atoms with van der Waals surface area (Å²) in [5.74, 6) is -1.89. The summed E-state index contributed by atoms with van der Waals surface area (Å²) >= 11 is 0. The number of fused-ring (bicyclic) bond motifs is 1.